The molecule has 4 rings (SSSR count). The zero-order valence-electron chi connectivity index (χ0n) is 24.7. The van der Waals surface area contributed by atoms with Gasteiger partial charge in [-0.15, -0.1) is 0 Å². The number of likely N-dealkylation sites (N-methyl/N-ethyl adjacent to an activating group) is 1. The second-order valence-corrected chi connectivity index (χ2v) is 10.7. The number of hydrazine groups is 1. The number of hydrogen-bond acceptors (Lipinski definition) is 6. The summed E-state index contributed by atoms with van der Waals surface area (Å²) in [7, 11) is 1.63. The Morgan fingerprint density at radius 3 is 2.32 bits per heavy atom. The van der Waals surface area contributed by atoms with Gasteiger partial charge in [-0.1, -0.05) is 36.9 Å². The fourth-order valence-corrected chi connectivity index (χ4v) is 5.44. The maximum Gasteiger partial charge on any atom is 0.407 e. The third-order valence-corrected chi connectivity index (χ3v) is 7.57. The predicted octanol–water partition coefficient (Wildman–Crippen LogP) is 3.03. The zero-order chi connectivity index (χ0) is 31.6. The second-order valence-electron chi connectivity index (χ2n) is 10.7. The van der Waals surface area contributed by atoms with Crippen molar-refractivity contribution in [1.82, 2.24) is 30.5 Å². The molecule has 2 aliphatic rings. The maximum absolute atomic E-state index is 13.8. The second kappa shape index (κ2) is 15.3. The average molecular weight is 613 g/mol. The van der Waals surface area contributed by atoms with Gasteiger partial charge in [-0.3, -0.25) is 9.59 Å². The maximum atomic E-state index is 13.8. The smallest absolute Gasteiger partial charge is 0.407 e. The molecule has 0 aliphatic carbocycles. The van der Waals surface area contributed by atoms with Crippen molar-refractivity contribution in [1.29, 1.82) is 0 Å². The number of halogens is 2. The van der Waals surface area contributed by atoms with E-state index in [1.54, 1.807) is 36.2 Å². The Morgan fingerprint density at radius 2 is 1.66 bits per heavy atom. The van der Waals surface area contributed by atoms with Gasteiger partial charge in [-0.25, -0.2) is 28.4 Å². The molecule has 2 saturated heterocycles. The Morgan fingerprint density at radius 1 is 1.00 bits per heavy atom. The van der Waals surface area contributed by atoms with Gasteiger partial charge in [0.25, 0.3) is 0 Å². The lowest BCUT2D eigenvalue weighted by Crippen LogP contribution is -2.76. The van der Waals surface area contributed by atoms with Gasteiger partial charge in [-0.2, -0.15) is 0 Å². The number of fused-ring (bicyclic) bond motifs is 1. The number of alkyl carbamates (subject to hydrolysis) is 1. The number of hydrogen-bond donors (Lipinski definition) is 2. The molecule has 2 atom stereocenters. The molecular weight excluding hydrogens is 574 g/mol. The summed E-state index contributed by atoms with van der Waals surface area (Å²) >= 11 is 0. The minimum atomic E-state index is -0.848. The van der Waals surface area contributed by atoms with Crippen LogP contribution in [0.15, 0.2) is 61.2 Å². The van der Waals surface area contributed by atoms with Gasteiger partial charge in [0.15, 0.2) is 0 Å². The first-order valence-corrected chi connectivity index (χ1v) is 14.6. The van der Waals surface area contributed by atoms with Crippen LogP contribution in [-0.2, 0) is 27.3 Å². The molecule has 2 aromatic rings. The van der Waals surface area contributed by atoms with Gasteiger partial charge in [-0.05, 0) is 61.1 Å². The van der Waals surface area contributed by atoms with E-state index in [0.717, 1.165) is 5.56 Å². The van der Waals surface area contributed by atoms with Crippen molar-refractivity contribution in [2.75, 3.05) is 39.8 Å². The van der Waals surface area contributed by atoms with Crippen LogP contribution < -0.4 is 10.6 Å². The van der Waals surface area contributed by atoms with Crippen LogP contribution in [0.1, 0.15) is 30.4 Å². The Labute approximate surface area is 255 Å². The number of carbonyl (C=O) groups is 4. The number of carbonyl (C=O) groups excluding carboxylic acids is 4. The van der Waals surface area contributed by atoms with Crippen LogP contribution in [0.5, 0.6) is 0 Å². The van der Waals surface area contributed by atoms with E-state index >= 15 is 0 Å². The van der Waals surface area contributed by atoms with Gasteiger partial charge in [0, 0.05) is 26.7 Å². The molecule has 2 N–H and O–H groups in total. The van der Waals surface area contributed by atoms with Crippen LogP contribution >= 0.6 is 0 Å². The molecule has 2 aromatic carbocycles. The van der Waals surface area contributed by atoms with Crippen molar-refractivity contribution in [3.05, 3.63) is 83.9 Å². The number of nitrogens with one attached hydrogen (secondary N) is 2. The summed E-state index contributed by atoms with van der Waals surface area (Å²) in [5, 5.41) is 8.44. The van der Waals surface area contributed by atoms with E-state index in [-0.39, 0.29) is 62.7 Å². The van der Waals surface area contributed by atoms with Gasteiger partial charge in [0.2, 0.25) is 11.8 Å². The van der Waals surface area contributed by atoms with Crippen molar-refractivity contribution in [2.24, 2.45) is 0 Å². The van der Waals surface area contributed by atoms with E-state index in [0.29, 0.717) is 31.4 Å². The van der Waals surface area contributed by atoms with Crippen molar-refractivity contribution >= 4 is 23.9 Å². The van der Waals surface area contributed by atoms with Crippen LogP contribution in [0.3, 0.4) is 0 Å². The Balaban J connectivity index is 1.49. The van der Waals surface area contributed by atoms with Crippen molar-refractivity contribution in [3.8, 4) is 0 Å². The molecule has 13 heteroatoms. The number of nitrogens with zero attached hydrogens (tertiary/aromatic N) is 4. The molecule has 2 heterocycles. The molecule has 0 spiro atoms. The lowest BCUT2D eigenvalue weighted by Gasteiger charge is -2.54. The molecule has 44 heavy (non-hydrogen) atoms. The largest absolute Gasteiger partial charge is 0.445 e. The molecule has 0 unspecified atom stereocenters. The first kappa shape index (κ1) is 32.4. The molecule has 2 fully saturated rings. The summed E-state index contributed by atoms with van der Waals surface area (Å²) in [6.45, 7) is 4.28. The molecule has 0 saturated carbocycles. The molecular formula is C31H38F2N6O5. The summed E-state index contributed by atoms with van der Waals surface area (Å²) in [5.41, 5.74) is 1.63. The lowest BCUT2D eigenvalue weighted by atomic mass is 10.0. The molecule has 5 amide bonds. The van der Waals surface area contributed by atoms with Crippen LogP contribution in [0.2, 0.25) is 0 Å². The molecule has 0 radical (unpaired) electrons. The van der Waals surface area contributed by atoms with Gasteiger partial charge in [0.05, 0.1) is 13.1 Å². The first-order chi connectivity index (χ1) is 21.2. The van der Waals surface area contributed by atoms with E-state index in [4.69, 9.17) is 4.74 Å². The molecule has 2 aliphatic heterocycles. The molecule has 0 bridgehead atoms. The minimum Gasteiger partial charge on any atom is -0.445 e. The van der Waals surface area contributed by atoms with Crippen LogP contribution in [0.4, 0.5) is 18.4 Å². The van der Waals surface area contributed by atoms with Crippen molar-refractivity contribution < 1.29 is 32.7 Å². The number of aryl methyl sites for hydroxylation is 1. The molecule has 236 valence electrons. The summed E-state index contributed by atoms with van der Waals surface area (Å²) in [6, 6.07) is 10.6. The highest BCUT2D eigenvalue weighted by molar-refractivity contribution is 5.91. The van der Waals surface area contributed by atoms with E-state index in [1.165, 1.54) is 45.3 Å². The van der Waals surface area contributed by atoms with E-state index in [9.17, 15) is 28.0 Å². The highest BCUT2D eigenvalue weighted by Gasteiger charge is 2.50. The van der Waals surface area contributed by atoms with Crippen molar-refractivity contribution in [3.63, 3.8) is 0 Å². The van der Waals surface area contributed by atoms with E-state index in [1.807, 2.05) is 0 Å². The van der Waals surface area contributed by atoms with Gasteiger partial charge >= 0.3 is 12.1 Å². The van der Waals surface area contributed by atoms with E-state index in [2.05, 4.69) is 17.2 Å². The van der Waals surface area contributed by atoms with Crippen LogP contribution in [0, 0.1) is 11.6 Å². The van der Waals surface area contributed by atoms with Crippen LogP contribution in [0.25, 0.3) is 0 Å². The summed E-state index contributed by atoms with van der Waals surface area (Å²) in [6.07, 6.45) is 1.91. The standard InChI is InChI=1S/C31H38F2N6O5/c1-3-18-44-31(43)34-16-4-7-26-29(41)37(17-5-6-22-8-12-24(32)13-9-22)20-27-38(26)28(40)21-36(2)39(27)30(42)35-19-23-10-14-25(33)15-11-23/h3,8-15,26-27H,1,4-7,16-21H2,2H3,(H,34,43)(H,35,42)/t26-,27-/m0/s1. The van der Waals surface area contributed by atoms with Gasteiger partial charge < -0.3 is 25.2 Å². The first-order valence-electron chi connectivity index (χ1n) is 14.6. The SMILES string of the molecule is C=CCOC(=O)NCCC[C@H]1C(=O)N(CCCc2ccc(F)cc2)C[C@H]2N1C(=O)CN(C)N2C(=O)NCc1ccc(F)cc1. The highest BCUT2D eigenvalue weighted by Crippen LogP contribution is 2.28. The average Bonchev–Trinajstić information content (AvgIpc) is 3.00. The number of rotatable bonds is 12. The fraction of sp³-hybridized carbons (Fsp3) is 0.419. The van der Waals surface area contributed by atoms with Crippen molar-refractivity contribution in [2.45, 2.75) is 44.4 Å². The fourth-order valence-electron chi connectivity index (χ4n) is 5.44. The number of benzene rings is 2. The normalized spacial score (nSPS) is 18.6. The number of urea groups is 1. The summed E-state index contributed by atoms with van der Waals surface area (Å²) in [5.74, 6) is -1.23. The van der Waals surface area contributed by atoms with E-state index < -0.39 is 24.3 Å². The topological polar surface area (TPSA) is 115 Å². The van der Waals surface area contributed by atoms with Gasteiger partial charge in [0.1, 0.15) is 30.4 Å². The molecule has 0 aromatic heterocycles. The van der Waals surface area contributed by atoms with Crippen LogP contribution in [-0.4, -0.2) is 95.8 Å². The Hall–Kier alpha value is -4.52. The minimum absolute atomic E-state index is 0.0658. The Kier molecular flexibility index (Phi) is 11.2. The summed E-state index contributed by atoms with van der Waals surface area (Å²) < 4.78 is 31.6. The number of amides is 5. The zero-order valence-corrected chi connectivity index (χ0v) is 24.7. The monoisotopic (exact) mass is 612 g/mol. The number of ether oxygens (including phenoxy) is 1. The lowest BCUT2D eigenvalue weighted by molar-refractivity contribution is -0.187. The summed E-state index contributed by atoms with van der Waals surface area (Å²) in [4.78, 5) is 55.6. The highest BCUT2D eigenvalue weighted by atomic mass is 19.1. The predicted molar refractivity (Wildman–Crippen MR) is 158 cm³/mol. The third-order valence-electron chi connectivity index (χ3n) is 7.57. The Bertz CT molecular complexity index is 1330. The molecule has 11 nitrogen and oxygen atoms in total. The quantitative estimate of drug-likeness (QED) is 0.282. The number of piperazine rings is 1. The third kappa shape index (κ3) is 8.31.